The molecule has 5 heteroatoms. The molecule has 0 spiro atoms. The van der Waals surface area contributed by atoms with E-state index in [1.165, 1.54) is 11.3 Å². The van der Waals surface area contributed by atoms with Crippen molar-refractivity contribution in [3.05, 3.63) is 45.4 Å². The fourth-order valence-corrected chi connectivity index (χ4v) is 3.41. The van der Waals surface area contributed by atoms with Gasteiger partial charge >= 0.3 is 0 Å². The second-order valence-corrected chi connectivity index (χ2v) is 7.12. The molecule has 0 saturated heterocycles. The van der Waals surface area contributed by atoms with Gasteiger partial charge in [0.2, 0.25) is 0 Å². The van der Waals surface area contributed by atoms with Crippen molar-refractivity contribution in [2.75, 3.05) is 13.2 Å². The van der Waals surface area contributed by atoms with Crippen LogP contribution < -0.4 is 10.1 Å². The van der Waals surface area contributed by atoms with E-state index in [0.29, 0.717) is 23.9 Å². The predicted molar refractivity (Wildman–Crippen MR) is 94.4 cm³/mol. The van der Waals surface area contributed by atoms with Crippen molar-refractivity contribution in [1.82, 2.24) is 10.3 Å². The van der Waals surface area contributed by atoms with Gasteiger partial charge in [-0.2, -0.15) is 0 Å². The maximum atomic E-state index is 12.2. The van der Waals surface area contributed by atoms with E-state index in [1.54, 1.807) is 0 Å². The second kappa shape index (κ2) is 8.11. The summed E-state index contributed by atoms with van der Waals surface area (Å²) in [6, 6.07) is 7.88. The van der Waals surface area contributed by atoms with Gasteiger partial charge in [-0.05, 0) is 37.5 Å². The summed E-state index contributed by atoms with van der Waals surface area (Å²) in [5.41, 5.74) is 1.97. The molecule has 23 heavy (non-hydrogen) atoms. The first-order chi connectivity index (χ1) is 11.0. The standard InChI is InChI=1S/C18H24N2O2S/c1-12(2)10-16-20-14(4)17(23-16)18(21)19-8-9-22-15-7-5-6-13(3)11-15/h5-7,11-12H,8-10H2,1-4H3,(H,19,21). The van der Waals surface area contributed by atoms with E-state index in [1.807, 2.05) is 38.1 Å². The highest BCUT2D eigenvalue weighted by Crippen LogP contribution is 2.20. The lowest BCUT2D eigenvalue weighted by molar-refractivity contribution is 0.0950. The summed E-state index contributed by atoms with van der Waals surface area (Å²) >= 11 is 1.49. The van der Waals surface area contributed by atoms with Crippen molar-refractivity contribution >= 4 is 17.2 Å². The third-order valence-electron chi connectivity index (χ3n) is 3.28. The molecule has 2 rings (SSSR count). The Balaban J connectivity index is 1.82. The average Bonchev–Trinajstić information content (AvgIpc) is 2.83. The summed E-state index contributed by atoms with van der Waals surface area (Å²) in [6.07, 6.45) is 0.912. The Hall–Kier alpha value is -1.88. The SMILES string of the molecule is Cc1cccc(OCCNC(=O)c2sc(CC(C)C)nc2C)c1. The van der Waals surface area contributed by atoms with Gasteiger partial charge in [0.15, 0.2) is 0 Å². The Morgan fingerprint density at radius 2 is 2.13 bits per heavy atom. The highest BCUT2D eigenvalue weighted by atomic mass is 32.1. The number of aryl methyl sites for hydroxylation is 2. The highest BCUT2D eigenvalue weighted by Gasteiger charge is 2.15. The zero-order valence-corrected chi connectivity index (χ0v) is 15.0. The van der Waals surface area contributed by atoms with E-state index in [9.17, 15) is 4.79 Å². The minimum absolute atomic E-state index is 0.0668. The van der Waals surface area contributed by atoms with Gasteiger partial charge in [0.05, 0.1) is 17.2 Å². The molecular formula is C18H24N2O2S. The molecule has 0 aliphatic rings. The number of ether oxygens (including phenoxy) is 1. The number of carbonyl (C=O) groups excluding carboxylic acids is 1. The number of carbonyl (C=O) groups is 1. The van der Waals surface area contributed by atoms with Crippen LogP contribution in [-0.2, 0) is 6.42 Å². The van der Waals surface area contributed by atoms with Gasteiger partial charge in [-0.15, -0.1) is 11.3 Å². The van der Waals surface area contributed by atoms with E-state index < -0.39 is 0 Å². The number of thiazole rings is 1. The summed E-state index contributed by atoms with van der Waals surface area (Å²) in [4.78, 5) is 17.4. The van der Waals surface area contributed by atoms with Crippen LogP contribution in [0.1, 0.15) is 39.8 Å². The average molecular weight is 332 g/mol. The largest absolute Gasteiger partial charge is 0.492 e. The molecule has 0 aliphatic carbocycles. The number of aromatic nitrogens is 1. The fraction of sp³-hybridized carbons (Fsp3) is 0.444. The summed E-state index contributed by atoms with van der Waals surface area (Å²) in [5.74, 6) is 1.30. The Bertz CT molecular complexity index is 665. The first kappa shape index (κ1) is 17.5. The molecule has 1 N–H and O–H groups in total. The van der Waals surface area contributed by atoms with Gasteiger partial charge < -0.3 is 10.1 Å². The van der Waals surface area contributed by atoms with E-state index in [-0.39, 0.29) is 5.91 Å². The van der Waals surface area contributed by atoms with E-state index in [4.69, 9.17) is 4.74 Å². The third-order valence-corrected chi connectivity index (χ3v) is 4.45. The monoisotopic (exact) mass is 332 g/mol. The third kappa shape index (κ3) is 5.36. The van der Waals surface area contributed by atoms with Crippen molar-refractivity contribution < 1.29 is 9.53 Å². The van der Waals surface area contributed by atoms with E-state index >= 15 is 0 Å². The molecule has 0 radical (unpaired) electrons. The number of nitrogens with zero attached hydrogens (tertiary/aromatic N) is 1. The molecule has 2 aromatic rings. The summed E-state index contributed by atoms with van der Waals surface area (Å²) in [7, 11) is 0. The molecule has 0 fully saturated rings. The summed E-state index contributed by atoms with van der Waals surface area (Å²) < 4.78 is 5.63. The van der Waals surface area contributed by atoms with Gasteiger partial charge in [0.1, 0.15) is 17.2 Å². The van der Waals surface area contributed by atoms with Crippen molar-refractivity contribution in [3.63, 3.8) is 0 Å². The zero-order valence-electron chi connectivity index (χ0n) is 14.2. The van der Waals surface area contributed by atoms with Crippen LogP contribution in [0, 0.1) is 19.8 Å². The zero-order chi connectivity index (χ0) is 16.8. The van der Waals surface area contributed by atoms with Crippen LogP contribution in [0.25, 0.3) is 0 Å². The topological polar surface area (TPSA) is 51.2 Å². The predicted octanol–water partition coefficient (Wildman–Crippen LogP) is 3.77. The first-order valence-corrected chi connectivity index (χ1v) is 8.71. The molecule has 0 bridgehead atoms. The van der Waals surface area contributed by atoms with Gasteiger partial charge in [0.25, 0.3) is 5.91 Å². The molecule has 1 heterocycles. The quantitative estimate of drug-likeness (QED) is 0.785. The normalized spacial score (nSPS) is 10.8. The summed E-state index contributed by atoms with van der Waals surface area (Å²) in [5, 5.41) is 3.92. The number of hydrogen-bond acceptors (Lipinski definition) is 4. The molecule has 4 nitrogen and oxygen atoms in total. The van der Waals surface area contributed by atoms with Crippen LogP contribution in [0.5, 0.6) is 5.75 Å². The van der Waals surface area contributed by atoms with Crippen molar-refractivity contribution in [2.24, 2.45) is 5.92 Å². The smallest absolute Gasteiger partial charge is 0.263 e. The maximum absolute atomic E-state index is 12.2. The number of hydrogen-bond donors (Lipinski definition) is 1. The Morgan fingerprint density at radius 3 is 2.83 bits per heavy atom. The molecule has 1 aromatic heterocycles. The van der Waals surface area contributed by atoms with E-state index in [2.05, 4.69) is 24.1 Å². The van der Waals surface area contributed by atoms with Crippen LogP contribution >= 0.6 is 11.3 Å². The molecule has 0 unspecified atom stereocenters. The molecule has 0 saturated carbocycles. The highest BCUT2D eigenvalue weighted by molar-refractivity contribution is 7.13. The van der Waals surface area contributed by atoms with Crippen molar-refractivity contribution in [3.8, 4) is 5.75 Å². The fourth-order valence-electron chi connectivity index (χ4n) is 2.22. The van der Waals surface area contributed by atoms with Crippen LogP contribution in [0.15, 0.2) is 24.3 Å². The minimum atomic E-state index is -0.0668. The van der Waals surface area contributed by atoms with Gasteiger partial charge in [-0.25, -0.2) is 4.98 Å². The van der Waals surface area contributed by atoms with Crippen molar-refractivity contribution in [1.29, 1.82) is 0 Å². The van der Waals surface area contributed by atoms with Crippen LogP contribution in [0.4, 0.5) is 0 Å². The molecule has 0 aliphatic heterocycles. The number of benzene rings is 1. The lowest BCUT2D eigenvalue weighted by Gasteiger charge is -2.07. The molecule has 124 valence electrons. The maximum Gasteiger partial charge on any atom is 0.263 e. The summed E-state index contributed by atoms with van der Waals surface area (Å²) in [6.45, 7) is 9.14. The number of amides is 1. The number of nitrogens with one attached hydrogen (secondary N) is 1. The van der Waals surface area contributed by atoms with Crippen molar-refractivity contribution in [2.45, 2.75) is 34.1 Å². The van der Waals surface area contributed by atoms with E-state index in [0.717, 1.165) is 28.4 Å². The molecular weight excluding hydrogens is 308 g/mol. The molecule has 0 atom stereocenters. The van der Waals surface area contributed by atoms with Crippen LogP contribution in [0.3, 0.4) is 0 Å². The van der Waals surface area contributed by atoms with Gasteiger partial charge in [0, 0.05) is 6.42 Å². The van der Waals surface area contributed by atoms with Crippen LogP contribution in [-0.4, -0.2) is 24.0 Å². The Kier molecular flexibility index (Phi) is 6.16. The molecule has 1 amide bonds. The Labute approximate surface area is 141 Å². The second-order valence-electron chi connectivity index (χ2n) is 6.04. The van der Waals surface area contributed by atoms with Gasteiger partial charge in [-0.1, -0.05) is 26.0 Å². The number of rotatable bonds is 7. The molecule has 1 aromatic carbocycles. The minimum Gasteiger partial charge on any atom is -0.492 e. The van der Waals surface area contributed by atoms with Gasteiger partial charge in [-0.3, -0.25) is 4.79 Å². The lowest BCUT2D eigenvalue weighted by Crippen LogP contribution is -2.27. The first-order valence-electron chi connectivity index (χ1n) is 7.89. The Morgan fingerprint density at radius 1 is 1.35 bits per heavy atom. The van der Waals surface area contributed by atoms with Crippen LogP contribution in [0.2, 0.25) is 0 Å². The lowest BCUT2D eigenvalue weighted by atomic mass is 10.1.